The maximum absolute atomic E-state index is 5.77. The van der Waals surface area contributed by atoms with E-state index < -0.39 is 5.79 Å². The lowest BCUT2D eigenvalue weighted by atomic mass is 9.91. The standard InChI is InChI=1S/C18H20O2/c1-19-18(20-2)13-16-7-3-5-14(11-16)9-10-15-6-4-8-17(18)12-15/h3-8,11-12H,9-10,13H2,1-2H3. The summed E-state index contributed by atoms with van der Waals surface area (Å²) in [4.78, 5) is 0. The van der Waals surface area contributed by atoms with Gasteiger partial charge in [0.1, 0.15) is 0 Å². The normalized spacial score (nSPS) is 16.7. The lowest BCUT2D eigenvalue weighted by Gasteiger charge is -2.32. The average Bonchev–Trinajstić information content (AvgIpc) is 2.51. The summed E-state index contributed by atoms with van der Waals surface area (Å²) < 4.78 is 11.5. The van der Waals surface area contributed by atoms with Gasteiger partial charge in [0.05, 0.1) is 0 Å². The summed E-state index contributed by atoms with van der Waals surface area (Å²) in [6, 6.07) is 17.3. The van der Waals surface area contributed by atoms with Crippen molar-refractivity contribution in [3.63, 3.8) is 0 Å². The highest BCUT2D eigenvalue weighted by Gasteiger charge is 2.33. The molecule has 0 saturated heterocycles. The maximum atomic E-state index is 5.77. The van der Waals surface area contributed by atoms with Crippen LogP contribution < -0.4 is 0 Å². The molecule has 4 bridgehead atoms. The summed E-state index contributed by atoms with van der Waals surface area (Å²) in [6.45, 7) is 0. The molecule has 0 N–H and O–H groups in total. The van der Waals surface area contributed by atoms with Crippen molar-refractivity contribution in [1.29, 1.82) is 0 Å². The number of ether oxygens (including phenoxy) is 2. The molecule has 2 aromatic rings. The minimum absolute atomic E-state index is 0.702. The summed E-state index contributed by atoms with van der Waals surface area (Å²) in [6.07, 6.45) is 2.84. The molecule has 0 amide bonds. The second kappa shape index (κ2) is 5.39. The van der Waals surface area contributed by atoms with E-state index in [1.54, 1.807) is 14.2 Å². The third kappa shape index (κ3) is 2.37. The fourth-order valence-electron chi connectivity index (χ4n) is 2.98. The molecular weight excluding hydrogens is 248 g/mol. The van der Waals surface area contributed by atoms with Gasteiger partial charge < -0.3 is 9.47 Å². The van der Waals surface area contributed by atoms with Gasteiger partial charge in [-0.25, -0.2) is 0 Å². The average molecular weight is 268 g/mol. The SMILES string of the molecule is COC1(OC)Cc2cccc(c2)CCc2cccc1c2. The van der Waals surface area contributed by atoms with Gasteiger partial charge in [0.25, 0.3) is 0 Å². The molecule has 2 aromatic carbocycles. The molecule has 0 radical (unpaired) electrons. The Kier molecular flexibility index (Phi) is 3.60. The van der Waals surface area contributed by atoms with Crippen LogP contribution >= 0.6 is 0 Å². The lowest BCUT2D eigenvalue weighted by Crippen LogP contribution is -2.33. The topological polar surface area (TPSA) is 18.5 Å². The van der Waals surface area contributed by atoms with Crippen LogP contribution in [0.4, 0.5) is 0 Å². The van der Waals surface area contributed by atoms with E-state index in [4.69, 9.17) is 9.47 Å². The summed E-state index contributed by atoms with van der Waals surface area (Å²) in [5.41, 5.74) is 5.04. The minimum atomic E-state index is -0.702. The predicted octanol–water partition coefficient (Wildman–Crippen LogP) is 3.47. The Morgan fingerprint density at radius 2 is 1.40 bits per heavy atom. The van der Waals surface area contributed by atoms with Crippen molar-refractivity contribution < 1.29 is 9.47 Å². The molecular formula is C18H20O2. The van der Waals surface area contributed by atoms with Gasteiger partial charge in [-0.15, -0.1) is 0 Å². The van der Waals surface area contributed by atoms with Gasteiger partial charge >= 0.3 is 0 Å². The smallest absolute Gasteiger partial charge is 0.198 e. The molecule has 0 aliphatic heterocycles. The number of benzene rings is 2. The second-order valence-electron chi connectivity index (χ2n) is 5.36. The quantitative estimate of drug-likeness (QED) is 0.776. The van der Waals surface area contributed by atoms with Gasteiger partial charge in [-0.1, -0.05) is 48.5 Å². The Morgan fingerprint density at radius 1 is 0.800 bits per heavy atom. The third-order valence-corrected chi connectivity index (χ3v) is 4.16. The van der Waals surface area contributed by atoms with Crippen molar-refractivity contribution in [3.8, 4) is 0 Å². The van der Waals surface area contributed by atoms with Crippen molar-refractivity contribution in [3.05, 3.63) is 70.8 Å². The van der Waals surface area contributed by atoms with Gasteiger partial charge in [-0.2, -0.15) is 0 Å². The molecule has 0 atom stereocenters. The van der Waals surface area contributed by atoms with Gasteiger partial charge in [0, 0.05) is 26.2 Å². The van der Waals surface area contributed by atoms with Gasteiger partial charge in [-0.05, 0) is 29.5 Å². The molecule has 0 fully saturated rings. The predicted molar refractivity (Wildman–Crippen MR) is 79.7 cm³/mol. The summed E-state index contributed by atoms with van der Waals surface area (Å²) in [5, 5.41) is 0. The van der Waals surface area contributed by atoms with Crippen molar-refractivity contribution in [1.82, 2.24) is 0 Å². The van der Waals surface area contributed by atoms with Crippen molar-refractivity contribution in [2.45, 2.75) is 25.0 Å². The fourth-order valence-corrected chi connectivity index (χ4v) is 2.98. The lowest BCUT2D eigenvalue weighted by molar-refractivity contribution is -0.215. The summed E-state index contributed by atoms with van der Waals surface area (Å²) in [7, 11) is 3.43. The molecule has 0 spiro atoms. The van der Waals surface area contributed by atoms with Crippen LogP contribution in [-0.2, 0) is 34.5 Å². The molecule has 1 aliphatic rings. The van der Waals surface area contributed by atoms with Crippen LogP contribution in [0.15, 0.2) is 48.5 Å². The van der Waals surface area contributed by atoms with E-state index in [9.17, 15) is 0 Å². The van der Waals surface area contributed by atoms with Crippen LogP contribution in [0.5, 0.6) is 0 Å². The van der Waals surface area contributed by atoms with Crippen LogP contribution in [-0.4, -0.2) is 14.2 Å². The van der Waals surface area contributed by atoms with Crippen molar-refractivity contribution in [2.75, 3.05) is 14.2 Å². The fraction of sp³-hybridized carbons (Fsp3) is 0.333. The number of rotatable bonds is 2. The van der Waals surface area contributed by atoms with Gasteiger partial charge in [0.15, 0.2) is 5.79 Å². The number of hydrogen-bond donors (Lipinski definition) is 0. The number of methoxy groups -OCH3 is 2. The molecule has 3 rings (SSSR count). The maximum Gasteiger partial charge on any atom is 0.198 e. The summed E-state index contributed by atoms with van der Waals surface area (Å²) >= 11 is 0. The Hall–Kier alpha value is -1.64. The first kappa shape index (κ1) is 13.3. The Bertz CT molecular complexity index is 600. The third-order valence-electron chi connectivity index (χ3n) is 4.16. The van der Waals surface area contributed by atoms with E-state index in [-0.39, 0.29) is 0 Å². The highest BCUT2D eigenvalue weighted by atomic mass is 16.7. The first-order valence-electron chi connectivity index (χ1n) is 7.03. The highest BCUT2D eigenvalue weighted by Crippen LogP contribution is 2.32. The van der Waals surface area contributed by atoms with Crippen LogP contribution in [0.3, 0.4) is 0 Å². The van der Waals surface area contributed by atoms with E-state index in [1.165, 1.54) is 16.7 Å². The second-order valence-corrected chi connectivity index (χ2v) is 5.36. The molecule has 1 aliphatic carbocycles. The Morgan fingerprint density at radius 3 is 2.10 bits per heavy atom. The number of aryl methyl sites for hydroxylation is 2. The zero-order valence-corrected chi connectivity index (χ0v) is 12.1. The van der Waals surface area contributed by atoms with Gasteiger partial charge in [-0.3, -0.25) is 0 Å². The van der Waals surface area contributed by atoms with Crippen LogP contribution in [0.2, 0.25) is 0 Å². The first-order chi connectivity index (χ1) is 9.75. The molecule has 104 valence electrons. The Labute approximate surface area is 120 Å². The zero-order chi connectivity index (χ0) is 14.0. The highest BCUT2D eigenvalue weighted by molar-refractivity contribution is 5.33. The van der Waals surface area contributed by atoms with Crippen LogP contribution in [0, 0.1) is 0 Å². The van der Waals surface area contributed by atoms with Crippen molar-refractivity contribution >= 4 is 0 Å². The molecule has 0 heterocycles. The van der Waals surface area contributed by atoms with E-state index >= 15 is 0 Å². The van der Waals surface area contributed by atoms with Crippen molar-refractivity contribution in [2.24, 2.45) is 0 Å². The van der Waals surface area contributed by atoms with Gasteiger partial charge in [0.2, 0.25) is 0 Å². The molecule has 0 aromatic heterocycles. The first-order valence-corrected chi connectivity index (χ1v) is 7.03. The molecule has 0 saturated carbocycles. The van der Waals surface area contributed by atoms with E-state index in [2.05, 4.69) is 48.5 Å². The van der Waals surface area contributed by atoms with E-state index in [0.717, 1.165) is 24.8 Å². The monoisotopic (exact) mass is 268 g/mol. The number of hydrogen-bond acceptors (Lipinski definition) is 2. The molecule has 20 heavy (non-hydrogen) atoms. The molecule has 2 heteroatoms. The van der Waals surface area contributed by atoms with E-state index in [1.807, 2.05) is 0 Å². The molecule has 0 unspecified atom stereocenters. The minimum Gasteiger partial charge on any atom is -0.349 e. The number of fused-ring (bicyclic) bond motifs is 4. The zero-order valence-electron chi connectivity index (χ0n) is 12.1. The molecule has 2 nitrogen and oxygen atoms in total. The van der Waals surface area contributed by atoms with Crippen LogP contribution in [0.1, 0.15) is 22.3 Å². The summed E-state index contributed by atoms with van der Waals surface area (Å²) in [5.74, 6) is -0.702. The van der Waals surface area contributed by atoms with Crippen LogP contribution in [0.25, 0.3) is 0 Å². The van der Waals surface area contributed by atoms with E-state index in [0.29, 0.717) is 0 Å². The Balaban J connectivity index is 2.14. The largest absolute Gasteiger partial charge is 0.349 e.